The van der Waals surface area contributed by atoms with Crippen molar-refractivity contribution in [2.24, 2.45) is 0 Å². The monoisotopic (exact) mass is 394 g/mol. The molecule has 0 unspecified atom stereocenters. The van der Waals surface area contributed by atoms with Crippen LogP contribution in [0.5, 0.6) is 5.75 Å². The number of amides is 1. The fourth-order valence-electron chi connectivity index (χ4n) is 2.95. The third kappa shape index (κ3) is 4.07. The van der Waals surface area contributed by atoms with Crippen LogP contribution in [0.2, 0.25) is 0 Å². The zero-order chi connectivity index (χ0) is 20.3. The number of hydrogen-bond donors (Lipinski definition) is 6. The summed E-state index contributed by atoms with van der Waals surface area (Å²) < 4.78 is 10.5. The number of phenols is 1. The van der Waals surface area contributed by atoms with Gasteiger partial charge in [-0.1, -0.05) is 12.1 Å². The highest BCUT2D eigenvalue weighted by molar-refractivity contribution is 6.02. The number of hydrogen-bond acceptors (Lipinski definition) is 9. The van der Waals surface area contributed by atoms with Crippen molar-refractivity contribution in [3.05, 3.63) is 36.0 Å². The maximum absolute atomic E-state index is 12.3. The van der Waals surface area contributed by atoms with Crippen molar-refractivity contribution in [3.63, 3.8) is 0 Å². The maximum Gasteiger partial charge on any atom is 0.255 e. The van der Waals surface area contributed by atoms with Gasteiger partial charge in [-0.15, -0.1) is 0 Å². The summed E-state index contributed by atoms with van der Waals surface area (Å²) in [7, 11) is 0. The average molecular weight is 394 g/mol. The van der Waals surface area contributed by atoms with Gasteiger partial charge in [0, 0.05) is 18.1 Å². The van der Waals surface area contributed by atoms with Crippen molar-refractivity contribution < 1.29 is 39.8 Å². The van der Waals surface area contributed by atoms with Crippen LogP contribution in [0.3, 0.4) is 0 Å². The van der Waals surface area contributed by atoms with Gasteiger partial charge in [0.05, 0.1) is 18.8 Å². The number of aromatic nitrogens is 1. The van der Waals surface area contributed by atoms with Crippen LogP contribution in [-0.2, 0) is 9.47 Å². The van der Waals surface area contributed by atoms with Gasteiger partial charge in [0.25, 0.3) is 5.91 Å². The smallest absolute Gasteiger partial charge is 0.255 e. The molecule has 5 atom stereocenters. The van der Waals surface area contributed by atoms with E-state index in [9.17, 15) is 25.2 Å². The minimum atomic E-state index is -1.53. The molecule has 1 saturated heterocycles. The Labute approximate surface area is 160 Å². The standard InChI is InChI=1S/C18H22N2O8/c21-8-11-14(23)15(24)16(25)18(28-11)27-7-6-20-17(26)10-4-3-9-2-1-5-19-12(9)13(10)22/h1-5,11,14-16,18,21-25H,6-8H2,(H,20,26)/t11-,14-,15+,16+,18+/m1/s1. The number of ether oxygens (including phenoxy) is 2. The van der Waals surface area contributed by atoms with Gasteiger partial charge >= 0.3 is 0 Å². The molecule has 10 nitrogen and oxygen atoms in total. The number of rotatable bonds is 6. The van der Waals surface area contributed by atoms with Gasteiger partial charge in [-0.2, -0.15) is 0 Å². The van der Waals surface area contributed by atoms with Crippen LogP contribution in [0, 0.1) is 0 Å². The number of fused-ring (bicyclic) bond motifs is 1. The first-order valence-corrected chi connectivity index (χ1v) is 8.71. The maximum atomic E-state index is 12.3. The molecule has 10 heteroatoms. The van der Waals surface area contributed by atoms with E-state index in [1.807, 2.05) is 0 Å². The molecule has 0 bridgehead atoms. The number of benzene rings is 1. The molecule has 0 saturated carbocycles. The molecule has 152 valence electrons. The van der Waals surface area contributed by atoms with Gasteiger partial charge in [0.15, 0.2) is 12.0 Å². The van der Waals surface area contributed by atoms with Gasteiger partial charge < -0.3 is 40.3 Å². The Morgan fingerprint density at radius 3 is 2.71 bits per heavy atom. The summed E-state index contributed by atoms with van der Waals surface area (Å²) >= 11 is 0. The van der Waals surface area contributed by atoms with E-state index in [2.05, 4.69) is 10.3 Å². The largest absolute Gasteiger partial charge is 0.505 e. The first-order valence-electron chi connectivity index (χ1n) is 8.71. The average Bonchev–Trinajstić information content (AvgIpc) is 2.71. The minimum Gasteiger partial charge on any atom is -0.505 e. The van der Waals surface area contributed by atoms with Gasteiger partial charge in [-0.3, -0.25) is 9.78 Å². The molecule has 0 radical (unpaired) electrons. The third-order valence-electron chi connectivity index (χ3n) is 4.51. The van der Waals surface area contributed by atoms with E-state index >= 15 is 0 Å². The number of nitrogens with one attached hydrogen (secondary N) is 1. The number of nitrogens with zero attached hydrogens (tertiary/aromatic N) is 1. The Kier molecular flexibility index (Phi) is 6.39. The first kappa shape index (κ1) is 20.4. The van der Waals surface area contributed by atoms with E-state index < -0.39 is 43.2 Å². The zero-order valence-corrected chi connectivity index (χ0v) is 14.8. The highest BCUT2D eigenvalue weighted by Crippen LogP contribution is 2.26. The SMILES string of the molecule is O=C(NCCO[C@H]1O[C@H](CO)[C@@H](O)[C@H](O)[C@@H]1O)c1ccc2cccnc2c1O. The predicted molar refractivity (Wildman–Crippen MR) is 95.5 cm³/mol. The first-order chi connectivity index (χ1) is 13.4. The Hall–Kier alpha value is -2.34. The van der Waals surface area contributed by atoms with Crippen LogP contribution in [0.25, 0.3) is 10.9 Å². The summed E-state index contributed by atoms with van der Waals surface area (Å²) in [4.78, 5) is 16.3. The number of phenolic OH excluding ortho intramolecular Hbond substituents is 1. The van der Waals surface area contributed by atoms with Crippen LogP contribution in [0.15, 0.2) is 30.5 Å². The van der Waals surface area contributed by atoms with Gasteiger partial charge in [0.2, 0.25) is 0 Å². The Morgan fingerprint density at radius 2 is 1.96 bits per heavy atom. The van der Waals surface area contributed by atoms with Crippen LogP contribution in [0.1, 0.15) is 10.4 Å². The van der Waals surface area contributed by atoms with Gasteiger partial charge in [-0.25, -0.2) is 0 Å². The second kappa shape index (κ2) is 8.78. The van der Waals surface area contributed by atoms with Crippen LogP contribution in [-0.4, -0.2) is 86.9 Å². The molecule has 1 aliphatic rings. The Balaban J connectivity index is 1.54. The molecule has 6 N–H and O–H groups in total. The molecule has 1 aliphatic heterocycles. The van der Waals surface area contributed by atoms with Crippen molar-refractivity contribution in [1.82, 2.24) is 10.3 Å². The molecule has 1 fully saturated rings. The molecular weight excluding hydrogens is 372 g/mol. The topological polar surface area (TPSA) is 162 Å². The van der Waals surface area contributed by atoms with E-state index in [1.54, 1.807) is 18.2 Å². The number of aromatic hydroxyl groups is 1. The summed E-state index contributed by atoms with van der Waals surface area (Å²) in [6.07, 6.45) is -5.34. The number of aliphatic hydroxyl groups is 4. The summed E-state index contributed by atoms with van der Waals surface area (Å²) in [6, 6.07) is 6.63. The van der Waals surface area contributed by atoms with Crippen LogP contribution in [0.4, 0.5) is 0 Å². The van der Waals surface area contributed by atoms with Crippen molar-refractivity contribution in [1.29, 1.82) is 0 Å². The quantitative estimate of drug-likeness (QED) is 0.320. The van der Waals surface area contributed by atoms with E-state index in [-0.39, 0.29) is 24.5 Å². The lowest BCUT2D eigenvalue weighted by atomic mass is 9.99. The second-order valence-electron chi connectivity index (χ2n) is 6.36. The molecule has 3 rings (SSSR count). The molecule has 2 heterocycles. The molecule has 1 amide bonds. The van der Waals surface area contributed by atoms with Crippen LogP contribution >= 0.6 is 0 Å². The normalized spacial score (nSPS) is 27.6. The summed E-state index contributed by atoms with van der Waals surface area (Å²) in [5, 5.41) is 51.9. The van der Waals surface area contributed by atoms with E-state index in [0.717, 1.165) is 0 Å². The Bertz CT molecular complexity index is 830. The fraction of sp³-hybridized carbons (Fsp3) is 0.444. The summed E-state index contributed by atoms with van der Waals surface area (Å²) in [6.45, 7) is -0.620. The number of carbonyl (C=O) groups is 1. The molecule has 28 heavy (non-hydrogen) atoms. The number of pyridine rings is 1. The fourth-order valence-corrected chi connectivity index (χ4v) is 2.95. The van der Waals surface area contributed by atoms with E-state index in [1.165, 1.54) is 12.3 Å². The highest BCUT2D eigenvalue weighted by Gasteiger charge is 2.43. The molecular formula is C18H22N2O8. The van der Waals surface area contributed by atoms with Crippen molar-refractivity contribution in [2.45, 2.75) is 30.7 Å². The third-order valence-corrected chi connectivity index (χ3v) is 4.51. The van der Waals surface area contributed by atoms with Crippen molar-refractivity contribution >= 4 is 16.8 Å². The van der Waals surface area contributed by atoms with Crippen molar-refractivity contribution in [2.75, 3.05) is 19.8 Å². The minimum absolute atomic E-state index is 0.0214. The van der Waals surface area contributed by atoms with Gasteiger partial charge in [0.1, 0.15) is 29.9 Å². The Morgan fingerprint density at radius 1 is 1.18 bits per heavy atom. The molecule has 1 aromatic heterocycles. The second-order valence-corrected chi connectivity index (χ2v) is 6.36. The molecule has 0 spiro atoms. The lowest BCUT2D eigenvalue weighted by Gasteiger charge is -2.39. The molecule has 2 aromatic rings. The van der Waals surface area contributed by atoms with Crippen LogP contribution < -0.4 is 5.32 Å². The predicted octanol–water partition coefficient (Wildman–Crippen LogP) is -1.51. The van der Waals surface area contributed by atoms with E-state index in [4.69, 9.17) is 14.6 Å². The summed E-state index contributed by atoms with van der Waals surface area (Å²) in [5.41, 5.74) is 0.367. The van der Waals surface area contributed by atoms with Crippen molar-refractivity contribution in [3.8, 4) is 5.75 Å². The van der Waals surface area contributed by atoms with Gasteiger partial charge in [-0.05, 0) is 12.1 Å². The molecule has 1 aromatic carbocycles. The summed E-state index contributed by atoms with van der Waals surface area (Å²) in [5.74, 6) is -0.770. The number of aliphatic hydroxyl groups excluding tert-OH is 4. The lowest BCUT2D eigenvalue weighted by molar-refractivity contribution is -0.300. The number of carbonyl (C=O) groups excluding carboxylic acids is 1. The molecule has 0 aliphatic carbocycles. The van der Waals surface area contributed by atoms with E-state index in [0.29, 0.717) is 10.9 Å². The zero-order valence-electron chi connectivity index (χ0n) is 14.8. The lowest BCUT2D eigenvalue weighted by Crippen LogP contribution is -2.59. The highest BCUT2D eigenvalue weighted by atomic mass is 16.7.